The molecule has 0 aliphatic heterocycles. The van der Waals surface area contributed by atoms with Crippen molar-refractivity contribution in [3.8, 4) is 28.6 Å². The van der Waals surface area contributed by atoms with Gasteiger partial charge in [0.2, 0.25) is 0 Å². The summed E-state index contributed by atoms with van der Waals surface area (Å²) in [6.07, 6.45) is 0. The van der Waals surface area contributed by atoms with E-state index in [-0.39, 0.29) is 5.41 Å². The van der Waals surface area contributed by atoms with Gasteiger partial charge in [-0.2, -0.15) is 0 Å². The summed E-state index contributed by atoms with van der Waals surface area (Å²) in [6, 6.07) is 22.2. The summed E-state index contributed by atoms with van der Waals surface area (Å²) < 4.78 is 13.0. The third-order valence-corrected chi connectivity index (χ3v) is 5.80. The SMILES string of the molecule is COc1ccc(-n2c(-c3ccc(C(C)(C)C)cc3)nc3nc4ccccc4nc32)cc1OC. The molecule has 0 aliphatic carbocycles. The van der Waals surface area contributed by atoms with Crippen LogP contribution in [-0.2, 0) is 5.41 Å². The molecule has 0 saturated carbocycles. The van der Waals surface area contributed by atoms with Crippen LogP contribution in [0, 0.1) is 0 Å². The zero-order valence-electron chi connectivity index (χ0n) is 19.5. The van der Waals surface area contributed by atoms with Crippen LogP contribution >= 0.6 is 0 Å². The largest absolute Gasteiger partial charge is 0.493 e. The number of benzene rings is 3. The molecular formula is C27H26N4O2. The molecule has 0 radical (unpaired) electrons. The van der Waals surface area contributed by atoms with Crippen molar-refractivity contribution in [2.75, 3.05) is 14.2 Å². The molecule has 0 saturated heterocycles. The second-order valence-corrected chi connectivity index (χ2v) is 9.00. The Balaban J connectivity index is 1.79. The monoisotopic (exact) mass is 438 g/mol. The minimum Gasteiger partial charge on any atom is -0.493 e. The lowest BCUT2D eigenvalue weighted by molar-refractivity contribution is 0.355. The van der Waals surface area contributed by atoms with Crippen LogP contribution in [0.25, 0.3) is 39.4 Å². The molecule has 166 valence electrons. The number of fused-ring (bicyclic) bond motifs is 2. The lowest BCUT2D eigenvalue weighted by atomic mass is 9.87. The van der Waals surface area contributed by atoms with E-state index < -0.39 is 0 Å². The van der Waals surface area contributed by atoms with Gasteiger partial charge in [-0.05, 0) is 35.2 Å². The van der Waals surface area contributed by atoms with Crippen LogP contribution in [0.1, 0.15) is 26.3 Å². The van der Waals surface area contributed by atoms with Crippen molar-refractivity contribution in [1.82, 2.24) is 19.5 Å². The van der Waals surface area contributed by atoms with Crippen LogP contribution in [0.3, 0.4) is 0 Å². The highest BCUT2D eigenvalue weighted by atomic mass is 16.5. The lowest BCUT2D eigenvalue weighted by Crippen LogP contribution is -2.10. The lowest BCUT2D eigenvalue weighted by Gasteiger charge is -2.19. The quantitative estimate of drug-likeness (QED) is 0.347. The van der Waals surface area contributed by atoms with Crippen LogP contribution in [0.4, 0.5) is 0 Å². The predicted molar refractivity (Wildman–Crippen MR) is 131 cm³/mol. The van der Waals surface area contributed by atoms with Gasteiger partial charge in [0.05, 0.1) is 30.9 Å². The van der Waals surface area contributed by atoms with Crippen LogP contribution < -0.4 is 9.47 Å². The number of imidazole rings is 1. The Kier molecular flexibility index (Phi) is 5.01. The number of methoxy groups -OCH3 is 2. The Bertz CT molecular complexity index is 1460. The summed E-state index contributed by atoms with van der Waals surface area (Å²) in [7, 11) is 3.26. The zero-order valence-corrected chi connectivity index (χ0v) is 19.5. The summed E-state index contributed by atoms with van der Waals surface area (Å²) in [5.74, 6) is 2.07. The summed E-state index contributed by atoms with van der Waals surface area (Å²) >= 11 is 0. The van der Waals surface area contributed by atoms with Gasteiger partial charge < -0.3 is 9.47 Å². The molecule has 0 spiro atoms. The highest BCUT2D eigenvalue weighted by molar-refractivity contribution is 5.86. The second kappa shape index (κ2) is 7.89. The number of para-hydroxylation sites is 2. The van der Waals surface area contributed by atoms with Gasteiger partial charge in [-0.15, -0.1) is 0 Å². The average Bonchev–Trinajstić information content (AvgIpc) is 3.19. The van der Waals surface area contributed by atoms with E-state index in [1.165, 1.54) is 5.56 Å². The number of hydrogen-bond donors (Lipinski definition) is 0. The van der Waals surface area contributed by atoms with Gasteiger partial charge in [0.15, 0.2) is 22.8 Å². The van der Waals surface area contributed by atoms with E-state index in [0.29, 0.717) is 22.8 Å². The van der Waals surface area contributed by atoms with Crippen molar-refractivity contribution < 1.29 is 9.47 Å². The molecule has 0 fully saturated rings. The van der Waals surface area contributed by atoms with Gasteiger partial charge in [0.1, 0.15) is 5.82 Å². The normalized spacial score (nSPS) is 11.8. The van der Waals surface area contributed by atoms with Gasteiger partial charge >= 0.3 is 0 Å². The van der Waals surface area contributed by atoms with Crippen LogP contribution in [0.5, 0.6) is 11.5 Å². The third kappa shape index (κ3) is 3.67. The molecule has 0 atom stereocenters. The first-order valence-electron chi connectivity index (χ1n) is 10.9. The number of nitrogens with zero attached hydrogens (tertiary/aromatic N) is 4. The maximum absolute atomic E-state index is 5.56. The number of aromatic nitrogens is 4. The molecule has 5 aromatic rings. The molecule has 0 aliphatic rings. The van der Waals surface area contributed by atoms with Crippen LogP contribution in [-0.4, -0.2) is 33.7 Å². The first-order valence-corrected chi connectivity index (χ1v) is 10.9. The Hall–Kier alpha value is -3.93. The Labute approximate surface area is 192 Å². The summed E-state index contributed by atoms with van der Waals surface area (Å²) in [4.78, 5) is 14.6. The molecule has 6 nitrogen and oxygen atoms in total. The van der Waals surface area contributed by atoms with Gasteiger partial charge in [0, 0.05) is 11.6 Å². The first-order chi connectivity index (χ1) is 15.9. The molecule has 0 N–H and O–H groups in total. The fourth-order valence-corrected chi connectivity index (χ4v) is 3.98. The van der Waals surface area contributed by atoms with Crippen LogP contribution in [0.2, 0.25) is 0 Å². The first kappa shape index (κ1) is 20.9. The molecule has 0 amide bonds. The molecule has 33 heavy (non-hydrogen) atoms. The molecule has 3 aromatic carbocycles. The average molecular weight is 439 g/mol. The minimum atomic E-state index is 0.0723. The van der Waals surface area contributed by atoms with Crippen molar-refractivity contribution in [3.63, 3.8) is 0 Å². The van der Waals surface area contributed by atoms with Gasteiger partial charge in [-0.25, -0.2) is 15.0 Å². The van der Waals surface area contributed by atoms with E-state index in [1.54, 1.807) is 14.2 Å². The van der Waals surface area contributed by atoms with E-state index in [1.807, 2.05) is 47.0 Å². The highest BCUT2D eigenvalue weighted by Gasteiger charge is 2.20. The van der Waals surface area contributed by atoms with Crippen molar-refractivity contribution in [3.05, 3.63) is 72.3 Å². The second-order valence-electron chi connectivity index (χ2n) is 9.00. The molecule has 0 bridgehead atoms. The maximum Gasteiger partial charge on any atom is 0.199 e. The Morgan fingerprint density at radius 3 is 2.03 bits per heavy atom. The smallest absolute Gasteiger partial charge is 0.199 e. The predicted octanol–water partition coefficient (Wildman–Crippen LogP) is 5.95. The highest BCUT2D eigenvalue weighted by Crippen LogP contribution is 2.34. The molecule has 5 rings (SSSR count). The Morgan fingerprint density at radius 2 is 1.39 bits per heavy atom. The van der Waals surface area contributed by atoms with E-state index in [4.69, 9.17) is 24.4 Å². The van der Waals surface area contributed by atoms with E-state index in [9.17, 15) is 0 Å². The number of rotatable bonds is 4. The molecule has 2 aromatic heterocycles. The number of ether oxygens (including phenoxy) is 2. The summed E-state index contributed by atoms with van der Waals surface area (Å²) in [5.41, 5.74) is 6.12. The van der Waals surface area contributed by atoms with E-state index >= 15 is 0 Å². The minimum absolute atomic E-state index is 0.0723. The zero-order chi connectivity index (χ0) is 23.2. The van der Waals surface area contributed by atoms with Crippen molar-refractivity contribution in [2.45, 2.75) is 26.2 Å². The van der Waals surface area contributed by atoms with E-state index in [2.05, 4.69) is 45.0 Å². The van der Waals surface area contributed by atoms with Crippen molar-refractivity contribution in [2.24, 2.45) is 0 Å². The van der Waals surface area contributed by atoms with Crippen molar-refractivity contribution >= 4 is 22.3 Å². The van der Waals surface area contributed by atoms with Crippen LogP contribution in [0.15, 0.2) is 66.7 Å². The molecule has 6 heteroatoms. The molecule has 0 unspecified atom stereocenters. The number of hydrogen-bond acceptors (Lipinski definition) is 5. The Morgan fingerprint density at radius 1 is 0.727 bits per heavy atom. The summed E-state index contributed by atoms with van der Waals surface area (Å²) in [5, 5.41) is 0. The summed E-state index contributed by atoms with van der Waals surface area (Å²) in [6.45, 7) is 6.63. The van der Waals surface area contributed by atoms with Gasteiger partial charge in [-0.3, -0.25) is 4.57 Å². The van der Waals surface area contributed by atoms with Gasteiger partial charge in [-0.1, -0.05) is 57.2 Å². The van der Waals surface area contributed by atoms with Gasteiger partial charge in [0.25, 0.3) is 0 Å². The fraction of sp³-hybridized carbons (Fsp3) is 0.222. The molecular weight excluding hydrogens is 412 g/mol. The molecule has 2 heterocycles. The van der Waals surface area contributed by atoms with Crippen molar-refractivity contribution in [1.29, 1.82) is 0 Å². The van der Waals surface area contributed by atoms with E-state index in [0.717, 1.165) is 28.1 Å². The third-order valence-electron chi connectivity index (χ3n) is 5.80. The fourth-order valence-electron chi connectivity index (χ4n) is 3.98. The topological polar surface area (TPSA) is 62.1 Å². The standard InChI is InChI=1S/C27H26N4O2/c1-27(2,3)18-12-10-17(11-13-18)25-30-24-26(29-21-9-7-6-8-20(21)28-24)31(25)19-14-15-22(32-4)23(16-19)33-5/h6-16H,1-5H3. The maximum atomic E-state index is 5.56.